The van der Waals surface area contributed by atoms with E-state index in [0.717, 1.165) is 55.6 Å². The van der Waals surface area contributed by atoms with Crippen LogP contribution < -0.4 is 16.0 Å². The van der Waals surface area contributed by atoms with Gasteiger partial charge in [0.2, 0.25) is 0 Å². The zero-order chi connectivity index (χ0) is 85.3. The molecule has 3 aliphatic heterocycles. The quantitative estimate of drug-likeness (QED) is 0.0141. The number of hydrogen-bond acceptors (Lipinski definition) is 20. The Morgan fingerprint density at radius 1 is 0.566 bits per heavy atom. The van der Waals surface area contributed by atoms with Gasteiger partial charge in [-0.2, -0.15) is 20.0 Å². The number of piperazine rings is 3. The van der Waals surface area contributed by atoms with Crippen LogP contribution in [0.5, 0.6) is 0 Å². The second kappa shape index (κ2) is 48.0. The lowest BCUT2D eigenvalue weighted by Crippen LogP contribution is -2.55. The van der Waals surface area contributed by atoms with Crippen LogP contribution in [0.15, 0.2) is 117 Å². The minimum atomic E-state index is -1.13. The minimum Gasteiger partial charge on any atom is -0.618 e. The summed E-state index contributed by atoms with van der Waals surface area (Å²) in [5, 5.41) is 59.1. The second-order valence-corrected chi connectivity index (χ2v) is 29.4. The lowest BCUT2D eigenvalue weighted by Gasteiger charge is -2.41. The fourth-order valence-electron chi connectivity index (χ4n) is 11.7. The van der Waals surface area contributed by atoms with Gasteiger partial charge in [-0.1, -0.05) is 94.7 Å². The summed E-state index contributed by atoms with van der Waals surface area (Å²) >= 11 is 6.00. The summed E-state index contributed by atoms with van der Waals surface area (Å²) in [6.07, 6.45) is 13.7. The molecule has 14 heterocycles. The summed E-state index contributed by atoms with van der Waals surface area (Å²) in [5.74, 6) is 4.17. The van der Waals surface area contributed by atoms with Crippen LogP contribution >= 0.6 is 11.6 Å². The molecule has 11 aromatic rings. The SMILES string of the molecule is C1CN2CCN1CC2.CC(=O)c1nccc(C(C)C)c1F.CC(C)(O)c1ccncc1F.CC(C)c1ccnc(C(C)O)c1F.CC(C)c1ccncc1F.CNN.Cc1nn(C)c2c(C(C)C)cc(Cl)nc12.Cc1nn(C)c2c(C(C)C)cc[n+]([O-])c12.Cc1nn(C)c2c(C(C)C)ccnc12.Fc1cccnc1.OCCO. The number of nitrogens with zero attached hydrogens (tertiary/aromatic N) is 16. The number of aliphatic hydroxyl groups excluding tert-OH is 3. The predicted molar refractivity (Wildman–Crippen MR) is 438 cm³/mol. The van der Waals surface area contributed by atoms with Gasteiger partial charge in [-0.05, 0) is 166 Å². The van der Waals surface area contributed by atoms with Gasteiger partial charge >= 0.3 is 0 Å². The normalized spacial score (nSPS) is 13.5. The number of nitrogens with one attached hydrogen (secondary N) is 1. The molecule has 3 aliphatic rings. The van der Waals surface area contributed by atoms with Gasteiger partial charge in [-0.3, -0.25) is 69.8 Å². The molecule has 1 unspecified atom stereocenters. The molecule has 30 heteroatoms. The highest BCUT2D eigenvalue weighted by Gasteiger charge is 2.24. The molecule has 0 spiro atoms. The molecule has 0 aromatic carbocycles. The average Bonchev–Trinajstić information content (AvgIpc) is 1.65. The Morgan fingerprint density at radius 2 is 0.982 bits per heavy atom. The third-order valence-corrected chi connectivity index (χ3v) is 17.6. The number of nitrogens with two attached hydrogens (primary N) is 1. The monoisotopic (exact) mass is 1590 g/mol. The number of fused-ring (bicyclic) bond motifs is 6. The van der Waals surface area contributed by atoms with Gasteiger partial charge < -0.3 is 25.6 Å². The maximum absolute atomic E-state index is 13.6. The molecule has 7 N–H and O–H groups in total. The molecule has 3 saturated heterocycles. The lowest BCUT2D eigenvalue weighted by molar-refractivity contribution is -0.577. The van der Waals surface area contributed by atoms with Crippen molar-refractivity contribution >= 4 is 50.5 Å². The van der Waals surface area contributed by atoms with Crippen LogP contribution in [0.4, 0.5) is 22.0 Å². The van der Waals surface area contributed by atoms with Crippen LogP contribution in [0.1, 0.15) is 225 Å². The van der Waals surface area contributed by atoms with Gasteiger partial charge in [-0.15, -0.1) is 0 Å². The number of hydrogen-bond donors (Lipinski definition) is 6. The highest BCUT2D eigenvalue weighted by molar-refractivity contribution is 6.30. The molecular formula is C83H118ClF5N18O6. The molecule has 3 fully saturated rings. The number of aromatic nitrogens is 14. The van der Waals surface area contributed by atoms with Crippen molar-refractivity contribution < 1.29 is 51.9 Å². The van der Waals surface area contributed by atoms with Gasteiger partial charge in [-0.25, -0.2) is 26.9 Å². The number of hydrazine groups is 1. The predicted octanol–water partition coefficient (Wildman–Crippen LogP) is 14.7. The first kappa shape index (κ1) is 97.9. The van der Waals surface area contributed by atoms with Crippen molar-refractivity contribution in [3.05, 3.63) is 223 Å². The van der Waals surface area contributed by atoms with E-state index in [2.05, 4.69) is 119 Å². The smallest absolute Gasteiger partial charge is 0.265 e. The maximum atomic E-state index is 13.6. The van der Waals surface area contributed by atoms with Crippen LogP contribution in [0.2, 0.25) is 5.15 Å². The molecule has 618 valence electrons. The Labute approximate surface area is 667 Å². The number of aryl methyl sites for hydroxylation is 6. The van der Waals surface area contributed by atoms with Gasteiger partial charge in [0, 0.05) is 116 Å². The molecule has 0 radical (unpaired) electrons. The van der Waals surface area contributed by atoms with Crippen molar-refractivity contribution in [3.63, 3.8) is 0 Å². The summed E-state index contributed by atoms with van der Waals surface area (Å²) in [5.41, 5.74) is 15.6. The first-order valence-corrected chi connectivity index (χ1v) is 37.8. The minimum absolute atomic E-state index is 0.0637. The Hall–Kier alpha value is -9.30. The topological polar surface area (TPSA) is 313 Å². The van der Waals surface area contributed by atoms with Crippen LogP contribution in [0.3, 0.4) is 0 Å². The van der Waals surface area contributed by atoms with E-state index in [1.54, 1.807) is 48.4 Å². The molecule has 0 amide bonds. The lowest BCUT2D eigenvalue weighted by atomic mass is 10.00. The van der Waals surface area contributed by atoms with Crippen molar-refractivity contribution in [2.45, 2.75) is 179 Å². The number of carbonyl (C=O) groups excluding carboxylic acids is 1. The van der Waals surface area contributed by atoms with Crippen LogP contribution in [-0.4, -0.2) is 160 Å². The second-order valence-electron chi connectivity index (χ2n) is 29.0. The van der Waals surface area contributed by atoms with Crippen LogP contribution in [-0.2, 0) is 26.7 Å². The van der Waals surface area contributed by atoms with E-state index in [0.29, 0.717) is 39.6 Å². The molecule has 1 atom stereocenters. The maximum Gasteiger partial charge on any atom is 0.265 e. The number of carbonyl (C=O) groups is 1. The molecule has 0 aliphatic carbocycles. The van der Waals surface area contributed by atoms with Crippen molar-refractivity contribution in [3.8, 4) is 0 Å². The molecule has 24 nitrogen and oxygen atoms in total. The van der Waals surface area contributed by atoms with Gasteiger partial charge in [0.25, 0.3) is 5.52 Å². The Bertz CT molecular complexity index is 4630. The third kappa shape index (κ3) is 30.2. The van der Waals surface area contributed by atoms with E-state index in [1.807, 2.05) is 111 Å². The first-order chi connectivity index (χ1) is 53.1. The highest BCUT2D eigenvalue weighted by Crippen LogP contribution is 2.30. The summed E-state index contributed by atoms with van der Waals surface area (Å²) < 4.78 is 71.0. The number of halogens is 6. The van der Waals surface area contributed by atoms with E-state index < -0.39 is 23.3 Å². The number of ketones is 1. The zero-order valence-corrected chi connectivity index (χ0v) is 70.5. The van der Waals surface area contributed by atoms with Gasteiger partial charge in [0.15, 0.2) is 23.6 Å². The number of pyridine rings is 8. The standard InChI is InChI=1S/C11H14ClN3.C11H15N3O.C11H15N3.C10H14FNO.C10H12FNO.C8H10FNO.C8H10FN.C6H12N2.C5H4FN.C2H6O2.CH6N2/c1-6(2)8-5-9(12)13-10-7(3)14-15(4)11(8)10;1-7(2)9-5-6-14(15)10-8(3)12-13(4)11(9)10;1-7(2)9-5-6-12-10-8(3)13-14(4)11(9)10;2*1-6(2)8-4-5-12-10(7(3)13)9(8)11;1-8(2,11)6-3-4-10-5-7(6)9;1-6(2)7-3-4-10-5-8(7)9;1-2-8-5-3-7(1)4-6-8;6-5-2-1-3-7-4-5;3-1-2-4;1-3-2/h5-6H,1-4H3;5-7H,1-4H3;5-7H,1-4H3;4-7,13H,1-3H3;4-6H,1-3H3;3-5,11H,1-2H3;3-6H,1-2H3;1-6H2;1-4H;3-4H,1-2H2;3H,2H2,1H3. The van der Waals surface area contributed by atoms with Crippen molar-refractivity contribution in [2.24, 2.45) is 27.0 Å². The molecule has 0 saturated carbocycles. The molecule has 11 aromatic heterocycles. The Morgan fingerprint density at radius 3 is 1.39 bits per heavy atom. The summed E-state index contributed by atoms with van der Waals surface area (Å²) in [6.45, 7) is 43.8. The van der Waals surface area contributed by atoms with Gasteiger partial charge in [0.1, 0.15) is 56.2 Å². The Kier molecular flexibility index (Phi) is 41.6. The van der Waals surface area contributed by atoms with Gasteiger partial charge in [0.05, 0.1) is 65.9 Å². The van der Waals surface area contributed by atoms with E-state index >= 15 is 0 Å². The molecular weight excluding hydrogens is 1480 g/mol. The Balaban J connectivity index is 0.000000328. The van der Waals surface area contributed by atoms with Crippen LogP contribution in [0, 0.1) is 55.1 Å². The molecule has 14 rings (SSSR count). The summed E-state index contributed by atoms with van der Waals surface area (Å²) in [6, 6.07) is 15.2. The fraction of sp³-hybridized carbons (Fsp3) is 0.470. The van der Waals surface area contributed by atoms with E-state index in [-0.39, 0.29) is 71.2 Å². The van der Waals surface area contributed by atoms with Crippen molar-refractivity contribution in [2.75, 3.05) is 59.5 Å². The van der Waals surface area contributed by atoms with E-state index in [9.17, 15) is 42.2 Å². The highest BCUT2D eigenvalue weighted by atomic mass is 35.5. The number of aliphatic hydroxyl groups is 4. The first-order valence-electron chi connectivity index (χ1n) is 37.4. The zero-order valence-electron chi connectivity index (χ0n) is 69.8. The fourth-order valence-corrected chi connectivity index (χ4v) is 11.9. The molecule has 2 bridgehead atoms. The number of rotatable bonds is 10. The summed E-state index contributed by atoms with van der Waals surface area (Å²) in [4.78, 5) is 42.9. The van der Waals surface area contributed by atoms with Crippen molar-refractivity contribution in [1.29, 1.82) is 0 Å². The summed E-state index contributed by atoms with van der Waals surface area (Å²) in [7, 11) is 7.45. The number of Topliss-reactive ketones (excluding diaryl/α,β-unsaturated/α-hetero) is 1. The molecule has 113 heavy (non-hydrogen) atoms. The van der Waals surface area contributed by atoms with Crippen LogP contribution in [0.25, 0.3) is 33.1 Å². The van der Waals surface area contributed by atoms with E-state index in [1.165, 1.54) is 138 Å². The van der Waals surface area contributed by atoms with E-state index in [4.69, 9.17) is 21.8 Å². The largest absolute Gasteiger partial charge is 0.618 e. The average molecular weight is 1590 g/mol. The van der Waals surface area contributed by atoms with Crippen molar-refractivity contribution in [1.82, 2.24) is 79.5 Å². The third-order valence-electron chi connectivity index (χ3n) is 17.4.